The van der Waals surface area contributed by atoms with Crippen LogP contribution in [0, 0.1) is 0 Å². The standard InChI is InChI=1S/C7H15N.3C2H6/c1-4-5-6-8-7(2)3;3*1-2/h4,7-8H,1,5-6H2,2-3H3;3*1-2H3. The van der Waals surface area contributed by atoms with Crippen molar-refractivity contribution in [1.82, 2.24) is 5.32 Å². The van der Waals surface area contributed by atoms with Gasteiger partial charge in [-0.25, -0.2) is 0 Å². The first-order valence-corrected chi connectivity index (χ1v) is 6.11. The monoisotopic (exact) mass is 203 g/mol. The summed E-state index contributed by atoms with van der Waals surface area (Å²) < 4.78 is 0. The highest BCUT2D eigenvalue weighted by atomic mass is 14.9. The van der Waals surface area contributed by atoms with Crippen molar-refractivity contribution in [3.63, 3.8) is 0 Å². The van der Waals surface area contributed by atoms with Gasteiger partial charge in [0.15, 0.2) is 0 Å². The van der Waals surface area contributed by atoms with Gasteiger partial charge in [-0.3, -0.25) is 0 Å². The van der Waals surface area contributed by atoms with E-state index >= 15 is 0 Å². The smallest absolute Gasteiger partial charge is 0.00105 e. The van der Waals surface area contributed by atoms with E-state index in [1.54, 1.807) is 0 Å². The second-order valence-corrected chi connectivity index (χ2v) is 2.19. The average Bonchev–Trinajstić information content (AvgIpc) is 2.27. The fourth-order valence-electron chi connectivity index (χ4n) is 0.474. The number of hydrogen-bond acceptors (Lipinski definition) is 1. The van der Waals surface area contributed by atoms with Crippen molar-refractivity contribution in [2.45, 2.75) is 67.9 Å². The van der Waals surface area contributed by atoms with Crippen LogP contribution >= 0.6 is 0 Å². The molecule has 0 spiro atoms. The Hall–Kier alpha value is -0.300. The molecule has 0 saturated carbocycles. The van der Waals surface area contributed by atoms with Gasteiger partial charge in [0, 0.05) is 6.04 Å². The molecule has 0 aliphatic rings. The lowest BCUT2D eigenvalue weighted by molar-refractivity contribution is 0.595. The van der Waals surface area contributed by atoms with Crippen LogP contribution in [0.4, 0.5) is 0 Å². The zero-order valence-electron chi connectivity index (χ0n) is 11.8. The van der Waals surface area contributed by atoms with Gasteiger partial charge in [0.05, 0.1) is 0 Å². The van der Waals surface area contributed by atoms with E-state index in [2.05, 4.69) is 25.7 Å². The molecule has 0 unspecified atom stereocenters. The molecule has 14 heavy (non-hydrogen) atoms. The van der Waals surface area contributed by atoms with Crippen molar-refractivity contribution in [3.05, 3.63) is 12.7 Å². The highest BCUT2D eigenvalue weighted by Gasteiger charge is 1.86. The van der Waals surface area contributed by atoms with Crippen LogP contribution in [-0.4, -0.2) is 12.6 Å². The highest BCUT2D eigenvalue weighted by Crippen LogP contribution is 1.79. The quantitative estimate of drug-likeness (QED) is 0.518. The second kappa shape index (κ2) is 38.7. The largest absolute Gasteiger partial charge is 0.314 e. The van der Waals surface area contributed by atoms with E-state index in [1.165, 1.54) is 0 Å². The summed E-state index contributed by atoms with van der Waals surface area (Å²) in [4.78, 5) is 0. The van der Waals surface area contributed by atoms with Crippen LogP contribution in [0.1, 0.15) is 61.8 Å². The summed E-state index contributed by atoms with van der Waals surface area (Å²) in [6, 6.07) is 0.606. The molecule has 0 radical (unpaired) electrons. The molecule has 1 heteroatoms. The Balaban J connectivity index is -0.0000000708. The third kappa shape index (κ3) is 60.6. The van der Waals surface area contributed by atoms with E-state index in [1.807, 2.05) is 47.6 Å². The first-order valence-electron chi connectivity index (χ1n) is 6.11. The van der Waals surface area contributed by atoms with Crippen LogP contribution in [-0.2, 0) is 0 Å². The third-order valence-corrected chi connectivity index (χ3v) is 0.901. The molecular formula is C13H33N. The van der Waals surface area contributed by atoms with Crippen molar-refractivity contribution >= 4 is 0 Å². The molecule has 0 bridgehead atoms. The van der Waals surface area contributed by atoms with E-state index in [0.717, 1.165) is 13.0 Å². The zero-order chi connectivity index (χ0) is 12.4. The van der Waals surface area contributed by atoms with Crippen molar-refractivity contribution in [2.24, 2.45) is 0 Å². The maximum absolute atomic E-state index is 3.62. The van der Waals surface area contributed by atoms with Gasteiger partial charge >= 0.3 is 0 Å². The van der Waals surface area contributed by atoms with Gasteiger partial charge in [-0.05, 0) is 13.0 Å². The fraction of sp³-hybridized carbons (Fsp3) is 0.846. The number of rotatable bonds is 4. The lowest BCUT2D eigenvalue weighted by atomic mass is 10.3. The molecular weight excluding hydrogens is 170 g/mol. The maximum Gasteiger partial charge on any atom is 0.00105 e. The van der Waals surface area contributed by atoms with Crippen LogP contribution in [0.2, 0.25) is 0 Å². The van der Waals surface area contributed by atoms with Gasteiger partial charge in [0.1, 0.15) is 0 Å². The van der Waals surface area contributed by atoms with E-state index in [4.69, 9.17) is 0 Å². The van der Waals surface area contributed by atoms with E-state index in [-0.39, 0.29) is 0 Å². The van der Waals surface area contributed by atoms with Crippen LogP contribution in [0.25, 0.3) is 0 Å². The van der Waals surface area contributed by atoms with Gasteiger partial charge < -0.3 is 5.32 Å². The Morgan fingerprint density at radius 3 is 1.57 bits per heavy atom. The minimum absolute atomic E-state index is 0.606. The number of hydrogen-bond donors (Lipinski definition) is 1. The Morgan fingerprint density at radius 1 is 1.00 bits per heavy atom. The van der Waals surface area contributed by atoms with Crippen LogP contribution in [0.5, 0.6) is 0 Å². The first-order chi connectivity index (χ1) is 6.77. The van der Waals surface area contributed by atoms with Crippen molar-refractivity contribution < 1.29 is 0 Å². The molecule has 1 nitrogen and oxygen atoms in total. The Bertz CT molecular complexity index is 58.3. The molecule has 1 N–H and O–H groups in total. The Kier molecular flexibility index (Phi) is 65.0. The summed E-state index contributed by atoms with van der Waals surface area (Å²) in [7, 11) is 0. The van der Waals surface area contributed by atoms with E-state index in [0.29, 0.717) is 6.04 Å². The molecule has 0 aromatic carbocycles. The van der Waals surface area contributed by atoms with Gasteiger partial charge in [-0.2, -0.15) is 0 Å². The summed E-state index contributed by atoms with van der Waals surface area (Å²) in [5.41, 5.74) is 0. The van der Waals surface area contributed by atoms with Gasteiger partial charge in [0.2, 0.25) is 0 Å². The molecule has 0 aliphatic carbocycles. The van der Waals surface area contributed by atoms with Crippen LogP contribution in [0.15, 0.2) is 12.7 Å². The average molecular weight is 203 g/mol. The molecule has 0 aromatic heterocycles. The maximum atomic E-state index is 3.62. The van der Waals surface area contributed by atoms with Crippen molar-refractivity contribution in [2.75, 3.05) is 6.54 Å². The predicted molar refractivity (Wildman–Crippen MR) is 72.0 cm³/mol. The molecule has 0 fully saturated rings. The van der Waals surface area contributed by atoms with Gasteiger partial charge in [-0.1, -0.05) is 61.5 Å². The van der Waals surface area contributed by atoms with Crippen molar-refractivity contribution in [1.29, 1.82) is 0 Å². The number of nitrogens with one attached hydrogen (secondary N) is 1. The highest BCUT2D eigenvalue weighted by molar-refractivity contribution is 4.68. The molecule has 0 amide bonds. The van der Waals surface area contributed by atoms with Crippen molar-refractivity contribution in [3.8, 4) is 0 Å². The summed E-state index contributed by atoms with van der Waals surface area (Å²) in [5.74, 6) is 0. The lowest BCUT2D eigenvalue weighted by Crippen LogP contribution is -2.23. The second-order valence-electron chi connectivity index (χ2n) is 2.19. The minimum atomic E-state index is 0.606. The molecule has 0 atom stereocenters. The molecule has 0 saturated heterocycles. The Labute approximate surface area is 93.0 Å². The molecule has 0 aliphatic heterocycles. The molecule has 0 heterocycles. The first kappa shape index (κ1) is 23.5. The third-order valence-electron chi connectivity index (χ3n) is 0.901. The molecule has 0 aromatic rings. The predicted octanol–water partition coefficient (Wildman–Crippen LogP) is 4.64. The van der Waals surface area contributed by atoms with Crippen LogP contribution < -0.4 is 5.32 Å². The van der Waals surface area contributed by atoms with Gasteiger partial charge in [0.25, 0.3) is 0 Å². The fourth-order valence-corrected chi connectivity index (χ4v) is 0.474. The summed E-state index contributed by atoms with van der Waals surface area (Å²) in [6.45, 7) is 21.0. The van der Waals surface area contributed by atoms with Gasteiger partial charge in [-0.15, -0.1) is 6.58 Å². The summed E-state index contributed by atoms with van der Waals surface area (Å²) in [5, 5.41) is 3.28. The van der Waals surface area contributed by atoms with Crippen LogP contribution in [0.3, 0.4) is 0 Å². The Morgan fingerprint density at radius 2 is 1.36 bits per heavy atom. The zero-order valence-corrected chi connectivity index (χ0v) is 11.8. The topological polar surface area (TPSA) is 12.0 Å². The summed E-state index contributed by atoms with van der Waals surface area (Å²) >= 11 is 0. The lowest BCUT2D eigenvalue weighted by Gasteiger charge is -2.04. The normalized spacial score (nSPS) is 6.93. The van der Waals surface area contributed by atoms with E-state index < -0.39 is 0 Å². The molecule has 90 valence electrons. The molecule has 0 rings (SSSR count). The summed E-state index contributed by atoms with van der Waals surface area (Å²) in [6.07, 6.45) is 2.99. The van der Waals surface area contributed by atoms with E-state index in [9.17, 15) is 0 Å². The minimum Gasteiger partial charge on any atom is -0.314 e. The SMILES string of the molecule is C=CCCNC(C)C.CC.CC.CC.